The Labute approximate surface area is 106 Å². The summed E-state index contributed by atoms with van der Waals surface area (Å²) >= 11 is 1.94. The van der Waals surface area contributed by atoms with E-state index in [0.717, 1.165) is 0 Å². The number of thioether (sulfide) groups is 1. The fraction of sp³-hybridized carbons (Fsp3) is 1.00. The summed E-state index contributed by atoms with van der Waals surface area (Å²) in [7, 11) is 2.26. The molecule has 0 bridgehead atoms. The van der Waals surface area contributed by atoms with Crippen LogP contribution in [0.3, 0.4) is 0 Å². The average Bonchev–Trinajstić information content (AvgIpc) is 2.21. The van der Waals surface area contributed by atoms with Crippen LogP contribution in [0.5, 0.6) is 0 Å². The van der Waals surface area contributed by atoms with Crippen molar-refractivity contribution in [3.8, 4) is 0 Å². The third kappa shape index (κ3) is 3.94. The summed E-state index contributed by atoms with van der Waals surface area (Å²) in [6, 6.07) is 1.32. The molecule has 1 aliphatic heterocycles. The summed E-state index contributed by atoms with van der Waals surface area (Å²) in [5.74, 6) is 1.23. The highest BCUT2D eigenvalue weighted by Gasteiger charge is 2.32. The van der Waals surface area contributed by atoms with Crippen molar-refractivity contribution in [1.82, 2.24) is 10.2 Å². The van der Waals surface area contributed by atoms with Gasteiger partial charge in [-0.15, -0.1) is 0 Å². The van der Waals surface area contributed by atoms with Gasteiger partial charge in [0.2, 0.25) is 0 Å². The number of piperidine rings is 1. The van der Waals surface area contributed by atoms with Gasteiger partial charge in [0.25, 0.3) is 0 Å². The van der Waals surface area contributed by atoms with E-state index in [2.05, 4.69) is 44.3 Å². The van der Waals surface area contributed by atoms with Crippen molar-refractivity contribution >= 4 is 11.8 Å². The number of nitrogens with zero attached hydrogens (tertiary/aromatic N) is 1. The lowest BCUT2D eigenvalue weighted by Gasteiger charge is -2.42. The van der Waals surface area contributed by atoms with Crippen LogP contribution in [0.15, 0.2) is 0 Å². The summed E-state index contributed by atoms with van der Waals surface area (Å²) in [4.78, 5) is 2.50. The summed E-state index contributed by atoms with van der Waals surface area (Å²) in [6.45, 7) is 9.49. The lowest BCUT2D eigenvalue weighted by molar-refractivity contribution is 0.126. The highest BCUT2D eigenvalue weighted by Crippen LogP contribution is 2.30. The molecule has 0 aromatic rings. The van der Waals surface area contributed by atoms with E-state index in [4.69, 9.17) is 0 Å². The quantitative estimate of drug-likeness (QED) is 0.800. The minimum atomic E-state index is 0.450. The molecule has 0 aliphatic carbocycles. The second kappa shape index (κ2) is 6.27. The predicted molar refractivity (Wildman–Crippen MR) is 75.3 cm³/mol. The Bertz CT molecular complexity index is 206. The average molecular weight is 244 g/mol. The van der Waals surface area contributed by atoms with Gasteiger partial charge in [-0.3, -0.25) is 0 Å². The molecule has 0 radical (unpaired) electrons. The van der Waals surface area contributed by atoms with Crippen LogP contribution in [0, 0.1) is 5.41 Å². The first-order valence-electron chi connectivity index (χ1n) is 6.40. The van der Waals surface area contributed by atoms with Gasteiger partial charge in [0.05, 0.1) is 0 Å². The molecule has 1 rings (SSSR count). The van der Waals surface area contributed by atoms with Gasteiger partial charge in [-0.25, -0.2) is 0 Å². The molecule has 3 heteroatoms. The van der Waals surface area contributed by atoms with E-state index in [1.54, 1.807) is 0 Å². The Morgan fingerprint density at radius 2 is 2.19 bits per heavy atom. The summed E-state index contributed by atoms with van der Waals surface area (Å²) in [5.41, 5.74) is 0.450. The van der Waals surface area contributed by atoms with Crippen molar-refractivity contribution in [3.05, 3.63) is 0 Å². The maximum atomic E-state index is 3.69. The third-order valence-corrected chi connectivity index (χ3v) is 4.78. The highest BCUT2D eigenvalue weighted by molar-refractivity contribution is 7.98. The van der Waals surface area contributed by atoms with Gasteiger partial charge < -0.3 is 10.2 Å². The van der Waals surface area contributed by atoms with Crippen LogP contribution in [0.1, 0.15) is 33.6 Å². The molecule has 0 spiro atoms. The van der Waals surface area contributed by atoms with Gasteiger partial charge in [-0.2, -0.15) is 11.8 Å². The molecule has 1 fully saturated rings. The zero-order valence-corrected chi connectivity index (χ0v) is 12.4. The minimum Gasteiger partial charge on any atom is -0.312 e. The second-order valence-electron chi connectivity index (χ2n) is 5.84. The van der Waals surface area contributed by atoms with Crippen molar-refractivity contribution in [1.29, 1.82) is 0 Å². The van der Waals surface area contributed by atoms with Gasteiger partial charge >= 0.3 is 0 Å². The fourth-order valence-electron chi connectivity index (χ4n) is 2.42. The molecule has 1 heterocycles. The maximum absolute atomic E-state index is 3.69. The van der Waals surface area contributed by atoms with E-state index >= 15 is 0 Å². The molecule has 96 valence electrons. The minimum absolute atomic E-state index is 0.450. The van der Waals surface area contributed by atoms with Crippen LogP contribution < -0.4 is 5.32 Å². The smallest absolute Gasteiger partial charge is 0.0246 e. The zero-order valence-electron chi connectivity index (χ0n) is 11.5. The monoisotopic (exact) mass is 244 g/mol. The molecule has 2 unspecified atom stereocenters. The van der Waals surface area contributed by atoms with Crippen LogP contribution in [0.2, 0.25) is 0 Å². The normalized spacial score (nSPS) is 27.0. The molecule has 2 nitrogen and oxygen atoms in total. The Morgan fingerprint density at radius 3 is 2.75 bits per heavy atom. The van der Waals surface area contributed by atoms with E-state index in [0.29, 0.717) is 17.5 Å². The zero-order chi connectivity index (χ0) is 12.2. The SMILES string of the molecule is CSCC(C)N(C)CC1NCCCC1(C)C. The van der Waals surface area contributed by atoms with Gasteiger partial charge in [0.1, 0.15) is 0 Å². The second-order valence-corrected chi connectivity index (χ2v) is 6.75. The molecule has 0 aromatic heterocycles. The van der Waals surface area contributed by atoms with Gasteiger partial charge in [-0.05, 0) is 45.0 Å². The molecule has 1 N–H and O–H groups in total. The van der Waals surface area contributed by atoms with Crippen molar-refractivity contribution in [2.45, 2.75) is 45.7 Å². The summed E-state index contributed by atoms with van der Waals surface area (Å²) in [6.07, 6.45) is 4.87. The Morgan fingerprint density at radius 1 is 1.50 bits per heavy atom. The van der Waals surface area contributed by atoms with Crippen LogP contribution in [-0.2, 0) is 0 Å². The summed E-state index contributed by atoms with van der Waals surface area (Å²) in [5, 5.41) is 3.69. The third-order valence-electron chi connectivity index (χ3n) is 3.96. The molecular formula is C13H28N2S. The molecule has 1 aliphatic rings. The Kier molecular flexibility index (Phi) is 5.62. The lowest BCUT2D eigenvalue weighted by atomic mass is 9.77. The molecule has 2 atom stereocenters. The van der Waals surface area contributed by atoms with E-state index in [9.17, 15) is 0 Å². The molecule has 0 saturated carbocycles. The topological polar surface area (TPSA) is 15.3 Å². The van der Waals surface area contributed by atoms with Gasteiger partial charge in [0, 0.05) is 24.4 Å². The highest BCUT2D eigenvalue weighted by atomic mass is 32.2. The lowest BCUT2D eigenvalue weighted by Crippen LogP contribution is -2.53. The number of likely N-dealkylation sites (N-methyl/N-ethyl adjacent to an activating group) is 1. The van der Waals surface area contributed by atoms with Crippen molar-refractivity contribution < 1.29 is 0 Å². The molecule has 16 heavy (non-hydrogen) atoms. The standard InChI is InChI=1S/C13H28N2S/c1-11(10-16-5)15(4)9-12-13(2,3)7-6-8-14-12/h11-12,14H,6-10H2,1-5H3. The molecule has 0 aromatic carbocycles. The van der Waals surface area contributed by atoms with E-state index in [1.165, 1.54) is 31.7 Å². The number of hydrogen-bond donors (Lipinski definition) is 1. The van der Waals surface area contributed by atoms with Gasteiger partial charge in [0.15, 0.2) is 0 Å². The first-order chi connectivity index (χ1) is 7.47. The molecule has 1 saturated heterocycles. The first-order valence-corrected chi connectivity index (χ1v) is 7.79. The van der Waals surface area contributed by atoms with Crippen molar-refractivity contribution in [2.24, 2.45) is 5.41 Å². The van der Waals surface area contributed by atoms with Gasteiger partial charge in [-0.1, -0.05) is 13.8 Å². The van der Waals surface area contributed by atoms with E-state index in [1.807, 2.05) is 11.8 Å². The van der Waals surface area contributed by atoms with Crippen LogP contribution >= 0.6 is 11.8 Å². The Balaban J connectivity index is 2.45. The Hall–Kier alpha value is 0.270. The number of nitrogens with one attached hydrogen (secondary N) is 1. The number of rotatable bonds is 5. The maximum Gasteiger partial charge on any atom is 0.0246 e. The summed E-state index contributed by atoms with van der Waals surface area (Å²) < 4.78 is 0. The predicted octanol–water partition coefficient (Wildman–Crippen LogP) is 2.45. The van der Waals surface area contributed by atoms with E-state index in [-0.39, 0.29) is 0 Å². The largest absolute Gasteiger partial charge is 0.312 e. The van der Waals surface area contributed by atoms with Crippen LogP contribution in [0.25, 0.3) is 0 Å². The number of hydrogen-bond acceptors (Lipinski definition) is 3. The van der Waals surface area contributed by atoms with Crippen molar-refractivity contribution in [2.75, 3.05) is 32.1 Å². The first kappa shape index (κ1) is 14.3. The van der Waals surface area contributed by atoms with Crippen molar-refractivity contribution in [3.63, 3.8) is 0 Å². The van der Waals surface area contributed by atoms with E-state index < -0.39 is 0 Å². The van der Waals surface area contributed by atoms with Crippen LogP contribution in [-0.4, -0.2) is 49.1 Å². The van der Waals surface area contributed by atoms with Crippen LogP contribution in [0.4, 0.5) is 0 Å². The molecule has 0 amide bonds. The fourth-order valence-corrected chi connectivity index (χ4v) is 3.16. The molecular weight excluding hydrogens is 216 g/mol.